The van der Waals surface area contributed by atoms with Gasteiger partial charge in [0, 0.05) is 20.6 Å². The van der Waals surface area contributed by atoms with Crippen LogP contribution in [0, 0.1) is 11.8 Å². The van der Waals surface area contributed by atoms with E-state index < -0.39 is 0 Å². The van der Waals surface area contributed by atoms with E-state index in [0.29, 0.717) is 0 Å². The van der Waals surface area contributed by atoms with Gasteiger partial charge < -0.3 is 24.6 Å². The van der Waals surface area contributed by atoms with Gasteiger partial charge in [0.15, 0.2) is 0 Å². The van der Waals surface area contributed by atoms with Gasteiger partial charge in [-0.2, -0.15) is 0 Å². The Bertz CT molecular complexity index is 556. The molecule has 0 bridgehead atoms. The predicted octanol–water partition coefficient (Wildman–Crippen LogP) is 1.88. The molecular weight excluding hydrogens is 408 g/mol. The van der Waals surface area contributed by atoms with E-state index in [0.717, 1.165) is 38.6 Å². The molecule has 0 saturated heterocycles. The maximum Gasteiger partial charge on any atom is 0.242 e. The van der Waals surface area contributed by atoms with Crippen LogP contribution in [-0.2, 0) is 19.1 Å². The third kappa shape index (κ3) is 10.4. The topological polar surface area (TPSA) is 82.2 Å². The molecule has 0 spiro atoms. The summed E-state index contributed by atoms with van der Waals surface area (Å²) < 4.78 is 5.51. The molecule has 0 aromatic rings. The highest BCUT2D eigenvalue weighted by molar-refractivity contribution is 5.87. The first-order valence-corrected chi connectivity index (χ1v) is 11.9. The van der Waals surface area contributed by atoms with Crippen LogP contribution < -0.4 is 5.32 Å². The average molecular weight is 457 g/mol. The third-order valence-corrected chi connectivity index (χ3v) is 6.23. The number of nitrogens with zero attached hydrogens (tertiary/aromatic N) is 3. The van der Waals surface area contributed by atoms with Gasteiger partial charge in [-0.25, -0.2) is 0 Å². The second-order valence-corrected chi connectivity index (χ2v) is 9.45. The van der Waals surface area contributed by atoms with Crippen LogP contribution in [0.25, 0.3) is 0 Å². The van der Waals surface area contributed by atoms with Crippen molar-refractivity contribution in [2.75, 3.05) is 54.9 Å². The van der Waals surface area contributed by atoms with Crippen molar-refractivity contribution in [3.05, 3.63) is 0 Å². The van der Waals surface area contributed by atoms with Crippen molar-refractivity contribution >= 4 is 18.1 Å². The van der Waals surface area contributed by atoms with E-state index in [1.165, 1.54) is 0 Å². The van der Waals surface area contributed by atoms with Crippen LogP contribution in [0.15, 0.2) is 0 Å². The lowest BCUT2D eigenvalue weighted by molar-refractivity contribution is -0.139. The van der Waals surface area contributed by atoms with E-state index in [-0.39, 0.29) is 54.8 Å². The quantitative estimate of drug-likeness (QED) is 0.266. The Morgan fingerprint density at radius 3 is 2.09 bits per heavy atom. The van der Waals surface area contributed by atoms with Gasteiger partial charge >= 0.3 is 0 Å². The minimum absolute atomic E-state index is 0.0719. The molecule has 0 aliphatic heterocycles. The number of carbonyl (C=O) groups excluding carboxylic acids is 3. The van der Waals surface area contributed by atoms with Crippen molar-refractivity contribution < 1.29 is 19.1 Å². The first-order chi connectivity index (χ1) is 15.0. The first-order valence-electron chi connectivity index (χ1n) is 11.9. The molecule has 0 aliphatic rings. The fraction of sp³-hybridized carbons (Fsp3) is 0.875. The number of hydrogen-bond donors (Lipinski definition) is 1. The fourth-order valence-corrected chi connectivity index (χ4v) is 4.21. The van der Waals surface area contributed by atoms with Crippen molar-refractivity contribution in [2.45, 2.75) is 71.6 Å². The molecule has 8 nitrogen and oxygen atoms in total. The molecule has 0 aromatic carbocycles. The number of likely N-dealkylation sites (N-methyl/N-ethyl adjacent to an activating group) is 2. The van der Waals surface area contributed by atoms with Crippen molar-refractivity contribution in [1.29, 1.82) is 0 Å². The van der Waals surface area contributed by atoms with E-state index in [2.05, 4.69) is 29.2 Å². The number of hydrogen-bond acceptors (Lipinski definition) is 6. The average Bonchev–Trinajstić information content (AvgIpc) is 2.73. The lowest BCUT2D eigenvalue weighted by Crippen LogP contribution is -2.54. The number of rotatable bonds is 17. The van der Waals surface area contributed by atoms with Crippen LogP contribution in [0.2, 0.25) is 0 Å². The summed E-state index contributed by atoms with van der Waals surface area (Å²) in [4.78, 5) is 42.8. The Morgan fingerprint density at radius 1 is 1.03 bits per heavy atom. The lowest BCUT2D eigenvalue weighted by atomic mass is 9.91. The molecule has 1 N–H and O–H groups in total. The Kier molecular flexibility index (Phi) is 15.4. The van der Waals surface area contributed by atoms with Crippen LogP contribution in [0.3, 0.4) is 0 Å². The van der Waals surface area contributed by atoms with Gasteiger partial charge in [0.1, 0.15) is 6.29 Å². The Hall–Kier alpha value is -1.51. The van der Waals surface area contributed by atoms with Crippen molar-refractivity contribution in [1.82, 2.24) is 20.0 Å². The number of nitrogens with one attached hydrogen (secondary N) is 1. The molecule has 32 heavy (non-hydrogen) atoms. The van der Waals surface area contributed by atoms with Crippen LogP contribution in [-0.4, -0.2) is 106 Å². The van der Waals surface area contributed by atoms with E-state index in [1.807, 2.05) is 34.7 Å². The molecular formula is C24H48N4O4. The molecule has 4 unspecified atom stereocenters. The highest BCUT2D eigenvalue weighted by Crippen LogP contribution is 2.21. The molecule has 0 aromatic heterocycles. The zero-order chi connectivity index (χ0) is 24.8. The minimum Gasteiger partial charge on any atom is -0.379 e. The Morgan fingerprint density at radius 2 is 1.62 bits per heavy atom. The summed E-state index contributed by atoms with van der Waals surface area (Å²) in [6.45, 7) is 9.92. The fourth-order valence-electron chi connectivity index (χ4n) is 4.21. The minimum atomic E-state index is -0.371. The van der Waals surface area contributed by atoms with Crippen molar-refractivity contribution in [2.24, 2.45) is 11.8 Å². The molecule has 4 atom stereocenters. The number of methoxy groups -OCH3 is 1. The highest BCUT2D eigenvalue weighted by Gasteiger charge is 2.33. The summed E-state index contributed by atoms with van der Waals surface area (Å²) in [5.41, 5.74) is 0. The molecule has 0 radical (unpaired) electrons. The number of unbranched alkanes of at least 4 members (excludes halogenated alkanes) is 1. The second kappa shape index (κ2) is 16.2. The van der Waals surface area contributed by atoms with Gasteiger partial charge in [-0.3, -0.25) is 14.5 Å². The Balaban J connectivity index is 5.04. The summed E-state index contributed by atoms with van der Waals surface area (Å²) in [5.74, 6) is -0.0397. The maximum absolute atomic E-state index is 12.9. The molecule has 8 heteroatoms. The number of amides is 2. The summed E-state index contributed by atoms with van der Waals surface area (Å²) in [5, 5.41) is 2.84. The molecule has 0 heterocycles. The summed E-state index contributed by atoms with van der Waals surface area (Å²) in [6.07, 6.45) is 3.61. The first kappa shape index (κ1) is 30.5. The van der Waals surface area contributed by atoms with Gasteiger partial charge in [-0.15, -0.1) is 0 Å². The maximum atomic E-state index is 12.9. The smallest absolute Gasteiger partial charge is 0.242 e. The molecule has 0 fully saturated rings. The monoisotopic (exact) mass is 456 g/mol. The molecule has 0 aliphatic carbocycles. The Labute approximate surface area is 196 Å². The van der Waals surface area contributed by atoms with Crippen molar-refractivity contribution in [3.8, 4) is 0 Å². The van der Waals surface area contributed by atoms with Crippen LogP contribution in [0.4, 0.5) is 0 Å². The van der Waals surface area contributed by atoms with E-state index in [1.54, 1.807) is 19.1 Å². The SMILES string of the molecule is CCC(C)C(C(CC=O)OC)N(C)C(=O)CNC(=O)C(C(C)C)N(C)CCCCN(C)C. The number of carbonyl (C=O) groups is 3. The van der Waals surface area contributed by atoms with Gasteiger partial charge in [-0.05, 0) is 58.9 Å². The second-order valence-electron chi connectivity index (χ2n) is 9.45. The van der Waals surface area contributed by atoms with Gasteiger partial charge in [0.25, 0.3) is 0 Å². The highest BCUT2D eigenvalue weighted by atomic mass is 16.5. The molecule has 2 amide bonds. The standard InChI is InChI=1S/C24H48N4O4/c1-10-19(4)23(20(32-9)13-16-29)28(8)21(30)17-25-24(31)22(18(2)3)27(7)15-12-11-14-26(5)6/h16,18-20,22-23H,10-15,17H2,1-9H3,(H,25,31). The number of aldehydes is 1. The van der Waals surface area contributed by atoms with Crippen molar-refractivity contribution in [3.63, 3.8) is 0 Å². The van der Waals surface area contributed by atoms with E-state index in [4.69, 9.17) is 4.74 Å². The summed E-state index contributed by atoms with van der Waals surface area (Å²) >= 11 is 0. The van der Waals surface area contributed by atoms with Crippen LogP contribution in [0.5, 0.6) is 0 Å². The molecule has 0 saturated carbocycles. The lowest BCUT2D eigenvalue weighted by Gasteiger charge is -2.37. The molecule has 188 valence electrons. The van der Waals surface area contributed by atoms with E-state index >= 15 is 0 Å². The summed E-state index contributed by atoms with van der Waals surface area (Å²) in [6, 6.07) is -0.528. The number of ether oxygens (including phenoxy) is 1. The third-order valence-electron chi connectivity index (χ3n) is 6.23. The largest absolute Gasteiger partial charge is 0.379 e. The predicted molar refractivity (Wildman–Crippen MR) is 130 cm³/mol. The zero-order valence-corrected chi connectivity index (χ0v) is 21.9. The van der Waals surface area contributed by atoms with Gasteiger partial charge in [0.2, 0.25) is 11.8 Å². The van der Waals surface area contributed by atoms with Gasteiger partial charge in [0.05, 0.1) is 24.7 Å². The summed E-state index contributed by atoms with van der Waals surface area (Å²) in [7, 11) is 9.36. The normalized spacial score (nSPS) is 15.5. The van der Waals surface area contributed by atoms with Crippen LogP contribution >= 0.6 is 0 Å². The van der Waals surface area contributed by atoms with Gasteiger partial charge in [-0.1, -0.05) is 34.1 Å². The van der Waals surface area contributed by atoms with Crippen LogP contribution in [0.1, 0.15) is 53.4 Å². The zero-order valence-electron chi connectivity index (χ0n) is 21.9. The molecule has 0 rings (SSSR count). The van der Waals surface area contributed by atoms with E-state index in [9.17, 15) is 14.4 Å².